The number of nitrogens with one attached hydrogen (secondary N) is 1. The third-order valence-electron chi connectivity index (χ3n) is 4.83. The summed E-state index contributed by atoms with van der Waals surface area (Å²) >= 11 is 1.49. The van der Waals surface area contributed by atoms with Crippen molar-refractivity contribution in [2.45, 2.75) is 50.7 Å². The smallest absolute Gasteiger partial charge is 0.315 e. The second kappa shape index (κ2) is 13.0. The average Bonchev–Trinajstić information content (AvgIpc) is 3.17. The summed E-state index contributed by atoms with van der Waals surface area (Å²) in [5.41, 5.74) is -0.281. The molecule has 0 aliphatic carbocycles. The normalized spacial score (nSPS) is 11.2. The van der Waals surface area contributed by atoms with Crippen LogP contribution in [0.3, 0.4) is 0 Å². The molecule has 34 heavy (non-hydrogen) atoms. The van der Waals surface area contributed by atoms with E-state index in [0.717, 1.165) is 22.9 Å². The van der Waals surface area contributed by atoms with E-state index in [1.54, 1.807) is 22.4 Å². The molecule has 1 aromatic heterocycles. The summed E-state index contributed by atoms with van der Waals surface area (Å²) in [7, 11) is 5.18. The first-order valence-corrected chi connectivity index (χ1v) is 12.4. The molecule has 3 rings (SSSR count). The topological polar surface area (TPSA) is 59.4 Å². The number of rotatable bonds is 9. The molecule has 1 N–H and O–H groups in total. The predicted octanol–water partition coefficient (Wildman–Crippen LogP) is 6.52. The maximum atomic E-state index is 13.8. The van der Waals surface area contributed by atoms with Crippen molar-refractivity contribution >= 4 is 49.5 Å². The van der Waals surface area contributed by atoms with Crippen LogP contribution in [0.2, 0.25) is 0 Å². The molecule has 1 unspecified atom stereocenters. The highest BCUT2D eigenvalue weighted by Gasteiger charge is 2.31. The number of carbonyl (C=O) groups is 1. The van der Waals surface area contributed by atoms with Gasteiger partial charge in [0.25, 0.3) is 0 Å². The quantitative estimate of drug-likeness (QED) is 0.202. The first kappa shape index (κ1) is 28.0. The number of hydrogen-bond acceptors (Lipinski definition) is 5. The highest BCUT2D eigenvalue weighted by atomic mass is 32.2. The second-order valence-electron chi connectivity index (χ2n) is 7.62. The molecular formula is C24H33F2N4O2PS. The second-order valence-corrected chi connectivity index (χ2v) is 9.54. The van der Waals surface area contributed by atoms with Crippen molar-refractivity contribution in [2.24, 2.45) is 0 Å². The van der Waals surface area contributed by atoms with Crippen LogP contribution >= 0.6 is 21.2 Å². The lowest BCUT2D eigenvalue weighted by Crippen LogP contribution is -2.12. The molecule has 0 saturated heterocycles. The zero-order chi connectivity index (χ0) is 25.3. The zero-order valence-corrected chi connectivity index (χ0v) is 22.2. The molecule has 10 heteroatoms. The molecule has 186 valence electrons. The number of halogens is 2. The summed E-state index contributed by atoms with van der Waals surface area (Å²) in [5, 5.41) is 2.73. The molecule has 0 aliphatic heterocycles. The predicted molar refractivity (Wildman–Crippen MR) is 141 cm³/mol. The summed E-state index contributed by atoms with van der Waals surface area (Å²) in [6.45, 7) is 6.77. The van der Waals surface area contributed by atoms with Gasteiger partial charge in [-0.05, 0) is 67.8 Å². The van der Waals surface area contributed by atoms with Crippen LogP contribution in [0.25, 0.3) is 11.0 Å². The number of unbranched alkanes of at least 4 members (excludes halogenated alkanes) is 1. The monoisotopic (exact) mass is 510 g/mol. The van der Waals surface area contributed by atoms with E-state index in [1.807, 2.05) is 54.7 Å². The van der Waals surface area contributed by atoms with Gasteiger partial charge in [0.1, 0.15) is 0 Å². The van der Waals surface area contributed by atoms with E-state index < -0.39 is 5.66 Å². The highest BCUT2D eigenvalue weighted by Crippen LogP contribution is 2.37. The number of aryl methyl sites for hydroxylation is 1. The molecule has 0 radical (unpaired) electrons. The maximum Gasteiger partial charge on any atom is 0.315 e. The van der Waals surface area contributed by atoms with Crippen molar-refractivity contribution < 1.29 is 18.3 Å². The van der Waals surface area contributed by atoms with Crippen molar-refractivity contribution in [3.05, 3.63) is 48.3 Å². The Morgan fingerprint density at radius 3 is 2.41 bits per heavy atom. The molecule has 0 spiro atoms. The molecule has 0 aliphatic rings. The van der Waals surface area contributed by atoms with Gasteiger partial charge in [0.05, 0.1) is 11.0 Å². The molecular weight excluding hydrogens is 477 g/mol. The van der Waals surface area contributed by atoms with Gasteiger partial charge in [0.15, 0.2) is 5.82 Å². The molecule has 0 fully saturated rings. The number of amides is 1. The highest BCUT2D eigenvalue weighted by molar-refractivity contribution is 8.00. The molecule has 6 nitrogen and oxygen atoms in total. The Labute approximate surface area is 206 Å². The fourth-order valence-electron chi connectivity index (χ4n) is 3.19. The van der Waals surface area contributed by atoms with Gasteiger partial charge in [0, 0.05) is 50.5 Å². The van der Waals surface area contributed by atoms with Crippen molar-refractivity contribution in [3.63, 3.8) is 0 Å². The molecule has 0 saturated carbocycles. The van der Waals surface area contributed by atoms with Gasteiger partial charge >= 0.3 is 5.66 Å². The number of nitrogens with zero attached hydrogens (tertiary/aromatic N) is 3. The first-order chi connectivity index (χ1) is 16.1. The van der Waals surface area contributed by atoms with E-state index in [4.69, 9.17) is 4.74 Å². The number of aromatic nitrogens is 2. The number of anilines is 2. The van der Waals surface area contributed by atoms with Gasteiger partial charge in [0.2, 0.25) is 5.91 Å². The van der Waals surface area contributed by atoms with Gasteiger partial charge in [-0.15, -0.1) is 0 Å². The average molecular weight is 511 g/mol. The van der Waals surface area contributed by atoms with Gasteiger partial charge in [-0.2, -0.15) is 8.78 Å². The fraction of sp³-hybridized carbons (Fsp3) is 0.417. The number of methoxy groups -OCH3 is 1. The number of ether oxygens (including phenoxy) is 1. The molecule has 1 amide bonds. The molecule has 2 aromatic carbocycles. The third kappa shape index (κ3) is 7.93. The van der Waals surface area contributed by atoms with Crippen LogP contribution in [0.1, 0.15) is 39.4 Å². The number of carbonyl (C=O) groups excluding carboxylic acids is 1. The maximum absolute atomic E-state index is 13.8. The summed E-state index contributed by atoms with van der Waals surface area (Å²) < 4.78 is 35.9. The van der Waals surface area contributed by atoms with Crippen LogP contribution in [-0.2, 0) is 21.7 Å². The van der Waals surface area contributed by atoms with Crippen molar-refractivity contribution in [3.8, 4) is 0 Å². The minimum absolute atomic E-state index is 0.118. The van der Waals surface area contributed by atoms with Gasteiger partial charge in [-0.1, -0.05) is 22.6 Å². The molecule has 1 atom stereocenters. The SMILES string of the molecule is CCCCOC.CCn1c(C(F)(F)P)nc2cc(N(C)Sc3ccc(NC(C)=O)cc3)ccc21. The Hall–Kier alpha value is -2.22. The fourth-order valence-corrected chi connectivity index (χ4v) is 4.20. The Morgan fingerprint density at radius 2 is 1.91 bits per heavy atom. The standard InChI is InChI=1S/C19H21F2N4OPS.C5H12O/c1-4-25-17-10-7-14(11-16(17)23-18(25)19(20,21)27)24(3)28-15-8-5-13(6-9-15)22-12(2)26;1-3-4-5-6-2/h5-11H,4,27H2,1-3H3,(H,22,26);3-5H2,1-2H3. The van der Waals surface area contributed by atoms with E-state index >= 15 is 0 Å². The van der Waals surface area contributed by atoms with Crippen molar-refractivity contribution in [2.75, 3.05) is 30.4 Å². The first-order valence-electron chi connectivity index (χ1n) is 11.1. The Bertz CT molecular complexity index is 1070. The van der Waals surface area contributed by atoms with Crippen LogP contribution in [-0.4, -0.2) is 36.2 Å². The number of imidazole rings is 1. The molecule has 1 heterocycles. The minimum atomic E-state index is -3.08. The van der Waals surface area contributed by atoms with Crippen LogP contribution in [0.4, 0.5) is 20.2 Å². The Kier molecular flexibility index (Phi) is 10.7. The lowest BCUT2D eigenvalue weighted by Gasteiger charge is -2.18. The Balaban J connectivity index is 0.000000604. The van der Waals surface area contributed by atoms with Gasteiger partial charge < -0.3 is 18.9 Å². The largest absolute Gasteiger partial charge is 0.385 e. The lowest BCUT2D eigenvalue weighted by atomic mass is 10.3. The third-order valence-corrected chi connectivity index (χ3v) is 6.05. The molecule has 3 aromatic rings. The van der Waals surface area contributed by atoms with Crippen LogP contribution in [0.5, 0.6) is 0 Å². The van der Waals surface area contributed by atoms with Crippen LogP contribution < -0.4 is 9.62 Å². The van der Waals surface area contributed by atoms with E-state index in [0.29, 0.717) is 17.6 Å². The van der Waals surface area contributed by atoms with E-state index in [-0.39, 0.29) is 11.7 Å². The number of alkyl halides is 2. The lowest BCUT2D eigenvalue weighted by molar-refractivity contribution is -0.114. The summed E-state index contributed by atoms with van der Waals surface area (Å²) in [6, 6.07) is 13.0. The van der Waals surface area contributed by atoms with Crippen molar-refractivity contribution in [1.29, 1.82) is 0 Å². The summed E-state index contributed by atoms with van der Waals surface area (Å²) in [5.74, 6) is -0.371. The van der Waals surface area contributed by atoms with E-state index in [1.165, 1.54) is 36.3 Å². The van der Waals surface area contributed by atoms with Crippen molar-refractivity contribution in [1.82, 2.24) is 9.55 Å². The van der Waals surface area contributed by atoms with Crippen LogP contribution in [0.15, 0.2) is 47.4 Å². The van der Waals surface area contributed by atoms with Crippen LogP contribution in [0, 0.1) is 0 Å². The van der Waals surface area contributed by atoms with Gasteiger partial charge in [-0.25, -0.2) is 4.98 Å². The number of hydrogen-bond donors (Lipinski definition) is 1. The number of benzene rings is 2. The van der Waals surface area contributed by atoms with E-state index in [2.05, 4.69) is 17.2 Å². The minimum Gasteiger partial charge on any atom is -0.385 e. The van der Waals surface area contributed by atoms with E-state index in [9.17, 15) is 13.6 Å². The number of fused-ring (bicyclic) bond motifs is 1. The summed E-state index contributed by atoms with van der Waals surface area (Å²) in [6.07, 6.45) is 2.42. The van der Waals surface area contributed by atoms with Gasteiger partial charge in [-0.3, -0.25) is 4.79 Å². The Morgan fingerprint density at radius 1 is 1.24 bits per heavy atom. The summed E-state index contributed by atoms with van der Waals surface area (Å²) in [4.78, 5) is 16.2. The molecule has 0 bridgehead atoms. The zero-order valence-electron chi connectivity index (χ0n) is 20.3.